The highest BCUT2D eigenvalue weighted by Crippen LogP contribution is 2.26. The maximum atomic E-state index is 12.3. The van der Waals surface area contributed by atoms with Crippen molar-refractivity contribution in [2.45, 2.75) is 57.9 Å². The molecule has 2 aromatic rings. The molecule has 0 saturated heterocycles. The number of carbonyl (C=O) groups is 1. The second kappa shape index (κ2) is 8.14. The molecular formula is C22H27NO. The highest BCUT2D eigenvalue weighted by atomic mass is 16.1. The third-order valence-electron chi connectivity index (χ3n) is 5.00. The molecule has 0 aromatic heterocycles. The predicted octanol–water partition coefficient (Wildman–Crippen LogP) is 4.77. The summed E-state index contributed by atoms with van der Waals surface area (Å²) >= 11 is 0. The van der Waals surface area contributed by atoms with E-state index in [9.17, 15) is 4.79 Å². The molecule has 1 aliphatic carbocycles. The van der Waals surface area contributed by atoms with Crippen LogP contribution in [0.1, 0.15) is 60.9 Å². The third-order valence-corrected chi connectivity index (χ3v) is 5.00. The standard InChI is InChI=1S/C22H27NO/c1-2-21(20-14-13-18-10-6-7-11-19(18)16-20)23-22(24)15-12-17-8-4-3-5-9-17/h3-5,8-9,13-14,16,21H,2,6-7,10-12,15H2,1H3,(H,23,24)/t21-/m0/s1. The van der Waals surface area contributed by atoms with Gasteiger partial charge in [-0.15, -0.1) is 0 Å². The minimum absolute atomic E-state index is 0.125. The average molecular weight is 321 g/mol. The summed E-state index contributed by atoms with van der Waals surface area (Å²) in [6.07, 6.45) is 7.25. The molecule has 1 atom stereocenters. The van der Waals surface area contributed by atoms with E-state index in [1.54, 1.807) is 0 Å². The van der Waals surface area contributed by atoms with Crippen molar-refractivity contribution in [3.05, 3.63) is 70.8 Å². The molecule has 0 saturated carbocycles. The van der Waals surface area contributed by atoms with Gasteiger partial charge in [0.05, 0.1) is 6.04 Å². The molecule has 2 heteroatoms. The SMILES string of the molecule is CC[C@H](NC(=O)CCc1ccccc1)c1ccc2c(c1)CCCC2. The van der Waals surface area contributed by atoms with Gasteiger partial charge in [0.2, 0.25) is 5.91 Å². The predicted molar refractivity (Wildman–Crippen MR) is 99.0 cm³/mol. The molecule has 1 amide bonds. The van der Waals surface area contributed by atoms with E-state index in [1.807, 2.05) is 18.2 Å². The van der Waals surface area contributed by atoms with Crippen LogP contribution >= 0.6 is 0 Å². The molecule has 0 unspecified atom stereocenters. The Balaban J connectivity index is 1.60. The number of fused-ring (bicyclic) bond motifs is 1. The van der Waals surface area contributed by atoms with E-state index in [0.717, 1.165) is 12.8 Å². The molecule has 1 aliphatic rings. The van der Waals surface area contributed by atoms with Gasteiger partial charge in [-0.1, -0.05) is 55.5 Å². The zero-order chi connectivity index (χ0) is 16.8. The highest BCUT2D eigenvalue weighted by Gasteiger charge is 2.16. The monoisotopic (exact) mass is 321 g/mol. The Hall–Kier alpha value is -2.09. The Kier molecular flexibility index (Phi) is 5.68. The lowest BCUT2D eigenvalue weighted by Gasteiger charge is -2.21. The number of rotatable bonds is 6. The van der Waals surface area contributed by atoms with Crippen LogP contribution in [0.3, 0.4) is 0 Å². The van der Waals surface area contributed by atoms with Crippen LogP contribution in [0.15, 0.2) is 48.5 Å². The van der Waals surface area contributed by atoms with E-state index in [0.29, 0.717) is 6.42 Å². The number of hydrogen-bond donors (Lipinski definition) is 1. The lowest BCUT2D eigenvalue weighted by atomic mass is 9.89. The summed E-state index contributed by atoms with van der Waals surface area (Å²) in [6.45, 7) is 2.14. The van der Waals surface area contributed by atoms with Crippen LogP contribution in [0.4, 0.5) is 0 Å². The van der Waals surface area contributed by atoms with Crippen molar-refractivity contribution in [1.82, 2.24) is 5.32 Å². The molecule has 0 bridgehead atoms. The molecule has 24 heavy (non-hydrogen) atoms. The van der Waals surface area contributed by atoms with Crippen molar-refractivity contribution in [2.24, 2.45) is 0 Å². The fourth-order valence-electron chi connectivity index (χ4n) is 3.56. The van der Waals surface area contributed by atoms with E-state index in [4.69, 9.17) is 0 Å². The van der Waals surface area contributed by atoms with Gasteiger partial charge >= 0.3 is 0 Å². The van der Waals surface area contributed by atoms with Crippen molar-refractivity contribution < 1.29 is 4.79 Å². The topological polar surface area (TPSA) is 29.1 Å². The van der Waals surface area contributed by atoms with E-state index < -0.39 is 0 Å². The molecule has 126 valence electrons. The minimum Gasteiger partial charge on any atom is -0.349 e. The summed E-state index contributed by atoms with van der Waals surface area (Å²) in [7, 11) is 0. The van der Waals surface area contributed by atoms with Gasteiger partial charge in [-0.2, -0.15) is 0 Å². The largest absolute Gasteiger partial charge is 0.349 e. The van der Waals surface area contributed by atoms with Crippen molar-refractivity contribution in [3.63, 3.8) is 0 Å². The normalized spacial score (nSPS) is 14.7. The fourth-order valence-corrected chi connectivity index (χ4v) is 3.56. The maximum Gasteiger partial charge on any atom is 0.220 e. The van der Waals surface area contributed by atoms with Crippen molar-refractivity contribution in [2.75, 3.05) is 0 Å². The Morgan fingerprint density at radius 3 is 2.54 bits per heavy atom. The van der Waals surface area contributed by atoms with Gasteiger partial charge in [0.25, 0.3) is 0 Å². The van der Waals surface area contributed by atoms with Crippen LogP contribution in [0, 0.1) is 0 Å². The summed E-state index contributed by atoms with van der Waals surface area (Å²) in [6, 6.07) is 17.1. The van der Waals surface area contributed by atoms with Crippen LogP contribution in [-0.4, -0.2) is 5.91 Å². The zero-order valence-corrected chi connectivity index (χ0v) is 14.6. The molecular weight excluding hydrogens is 294 g/mol. The fraction of sp³-hybridized carbons (Fsp3) is 0.409. The second-order valence-corrected chi connectivity index (χ2v) is 6.75. The number of amides is 1. The Morgan fingerprint density at radius 1 is 1.04 bits per heavy atom. The van der Waals surface area contributed by atoms with Crippen molar-refractivity contribution in [3.8, 4) is 0 Å². The number of nitrogens with one attached hydrogen (secondary N) is 1. The van der Waals surface area contributed by atoms with Gasteiger partial charge in [-0.05, 0) is 60.8 Å². The molecule has 3 rings (SSSR count). The van der Waals surface area contributed by atoms with Crippen molar-refractivity contribution in [1.29, 1.82) is 0 Å². The number of hydrogen-bond acceptors (Lipinski definition) is 1. The molecule has 0 aliphatic heterocycles. The summed E-state index contributed by atoms with van der Waals surface area (Å²) in [5.74, 6) is 0.142. The van der Waals surface area contributed by atoms with E-state index in [2.05, 4.69) is 42.6 Å². The first kappa shape index (κ1) is 16.8. The van der Waals surface area contributed by atoms with Crippen LogP contribution in [0.5, 0.6) is 0 Å². The van der Waals surface area contributed by atoms with Crippen LogP contribution in [0.2, 0.25) is 0 Å². The van der Waals surface area contributed by atoms with Crippen LogP contribution < -0.4 is 5.32 Å². The van der Waals surface area contributed by atoms with Gasteiger partial charge in [-0.25, -0.2) is 0 Å². The Bertz CT molecular complexity index is 678. The quantitative estimate of drug-likeness (QED) is 0.816. The van der Waals surface area contributed by atoms with Gasteiger partial charge in [0.15, 0.2) is 0 Å². The molecule has 2 aromatic carbocycles. The minimum atomic E-state index is 0.125. The van der Waals surface area contributed by atoms with Gasteiger partial charge in [0, 0.05) is 6.42 Å². The molecule has 0 radical (unpaired) electrons. The first-order valence-corrected chi connectivity index (χ1v) is 9.21. The first-order valence-electron chi connectivity index (χ1n) is 9.21. The van der Waals surface area contributed by atoms with Crippen LogP contribution in [0.25, 0.3) is 0 Å². The van der Waals surface area contributed by atoms with E-state index >= 15 is 0 Å². The summed E-state index contributed by atoms with van der Waals surface area (Å²) < 4.78 is 0. The highest BCUT2D eigenvalue weighted by molar-refractivity contribution is 5.76. The summed E-state index contributed by atoms with van der Waals surface area (Å²) in [5, 5.41) is 3.22. The smallest absolute Gasteiger partial charge is 0.220 e. The Labute approximate surface area is 145 Å². The molecule has 2 nitrogen and oxygen atoms in total. The maximum absolute atomic E-state index is 12.3. The average Bonchev–Trinajstić information content (AvgIpc) is 2.65. The lowest BCUT2D eigenvalue weighted by Crippen LogP contribution is -2.28. The molecule has 0 fully saturated rings. The number of aryl methyl sites for hydroxylation is 3. The van der Waals surface area contributed by atoms with E-state index in [1.165, 1.54) is 47.9 Å². The molecule has 0 heterocycles. The van der Waals surface area contributed by atoms with Crippen LogP contribution in [-0.2, 0) is 24.1 Å². The number of carbonyl (C=O) groups excluding carboxylic acids is 1. The molecule has 0 spiro atoms. The number of benzene rings is 2. The second-order valence-electron chi connectivity index (χ2n) is 6.75. The van der Waals surface area contributed by atoms with Gasteiger partial charge in [0.1, 0.15) is 0 Å². The zero-order valence-electron chi connectivity index (χ0n) is 14.6. The molecule has 1 N–H and O–H groups in total. The van der Waals surface area contributed by atoms with Gasteiger partial charge in [-0.3, -0.25) is 4.79 Å². The van der Waals surface area contributed by atoms with Gasteiger partial charge < -0.3 is 5.32 Å². The van der Waals surface area contributed by atoms with Crippen molar-refractivity contribution >= 4 is 5.91 Å². The third kappa shape index (κ3) is 4.25. The first-order chi connectivity index (χ1) is 11.8. The summed E-state index contributed by atoms with van der Waals surface area (Å²) in [4.78, 5) is 12.3. The lowest BCUT2D eigenvalue weighted by molar-refractivity contribution is -0.121. The Morgan fingerprint density at radius 2 is 1.79 bits per heavy atom. The van der Waals surface area contributed by atoms with E-state index in [-0.39, 0.29) is 11.9 Å². The summed E-state index contributed by atoms with van der Waals surface area (Å²) in [5.41, 5.74) is 5.45.